The highest BCUT2D eigenvalue weighted by atomic mass is 79.9. The number of rotatable bonds is 4. The standard InChI is InChI=1S/C27H38BrO2P/c1-11-25(5,6)19-13-17(3)15-21-23(19)29-31(28)30-24-20(26(7,8)12-2)14-18(4)16-22(24)27(21,9)10/h13-16H,11-12H2,1-10H3. The van der Waals surface area contributed by atoms with Crippen LogP contribution in [0.15, 0.2) is 24.3 Å². The maximum atomic E-state index is 6.59. The monoisotopic (exact) mass is 504 g/mol. The number of hydrogen-bond acceptors (Lipinski definition) is 2. The zero-order valence-corrected chi connectivity index (χ0v) is 23.3. The molecule has 1 heterocycles. The fourth-order valence-electron chi connectivity index (χ4n) is 4.37. The highest BCUT2D eigenvalue weighted by Gasteiger charge is 2.40. The third-order valence-corrected chi connectivity index (χ3v) is 8.89. The van der Waals surface area contributed by atoms with Crippen LogP contribution >= 0.6 is 22.6 Å². The molecule has 3 rings (SSSR count). The van der Waals surface area contributed by atoms with Crippen molar-refractivity contribution in [2.45, 2.75) is 98.3 Å². The predicted molar refractivity (Wildman–Crippen MR) is 138 cm³/mol. The van der Waals surface area contributed by atoms with Gasteiger partial charge >= 0.3 is 7.08 Å². The van der Waals surface area contributed by atoms with Gasteiger partial charge < -0.3 is 9.05 Å². The van der Waals surface area contributed by atoms with E-state index in [2.05, 4.69) is 109 Å². The molecule has 2 aromatic carbocycles. The molecule has 0 aliphatic carbocycles. The number of aryl methyl sites for hydroxylation is 2. The Kier molecular flexibility index (Phi) is 6.65. The molecule has 2 nitrogen and oxygen atoms in total. The summed E-state index contributed by atoms with van der Waals surface area (Å²) >= 11 is 3.75. The van der Waals surface area contributed by atoms with Crippen LogP contribution in [0.3, 0.4) is 0 Å². The molecular weight excluding hydrogens is 467 g/mol. The van der Waals surface area contributed by atoms with Crippen LogP contribution < -0.4 is 9.05 Å². The number of benzene rings is 2. The Balaban J connectivity index is 2.41. The van der Waals surface area contributed by atoms with Crippen molar-refractivity contribution in [2.24, 2.45) is 0 Å². The molecule has 4 heteroatoms. The quantitative estimate of drug-likeness (QED) is 0.386. The molecule has 0 unspecified atom stereocenters. The van der Waals surface area contributed by atoms with Crippen molar-refractivity contribution < 1.29 is 9.05 Å². The first-order valence-electron chi connectivity index (χ1n) is 11.4. The lowest BCUT2D eigenvalue weighted by molar-refractivity contribution is 0.421. The highest BCUT2D eigenvalue weighted by Crippen LogP contribution is 2.59. The SMILES string of the molecule is CCC(C)(C)c1cc(C)cc2c1OP(Br)Oc1c(C(C)(C)CC)cc(C)cc1C2(C)C. The third-order valence-electron chi connectivity index (χ3n) is 7.37. The Hall–Kier alpha value is -1.05. The maximum Gasteiger partial charge on any atom is 0.368 e. The lowest BCUT2D eigenvalue weighted by Gasteiger charge is -2.39. The normalized spacial score (nSPS) is 16.5. The topological polar surface area (TPSA) is 18.5 Å². The van der Waals surface area contributed by atoms with Gasteiger partial charge in [0.2, 0.25) is 0 Å². The summed E-state index contributed by atoms with van der Waals surface area (Å²) in [5.41, 5.74) is 7.32. The van der Waals surface area contributed by atoms with Crippen LogP contribution in [0.1, 0.15) is 102 Å². The fourth-order valence-corrected chi connectivity index (χ4v) is 5.95. The van der Waals surface area contributed by atoms with Crippen LogP contribution in [0.25, 0.3) is 0 Å². The molecule has 1 aliphatic rings. The van der Waals surface area contributed by atoms with E-state index in [9.17, 15) is 0 Å². The van der Waals surface area contributed by atoms with Gasteiger partial charge in [0.1, 0.15) is 11.5 Å². The van der Waals surface area contributed by atoms with E-state index in [1.165, 1.54) is 33.4 Å². The van der Waals surface area contributed by atoms with E-state index in [0.717, 1.165) is 24.3 Å². The molecule has 0 amide bonds. The van der Waals surface area contributed by atoms with Crippen molar-refractivity contribution in [1.82, 2.24) is 0 Å². The summed E-state index contributed by atoms with van der Waals surface area (Å²) in [6, 6.07) is 9.20. The second-order valence-corrected chi connectivity index (χ2v) is 13.4. The molecule has 0 N–H and O–H groups in total. The van der Waals surface area contributed by atoms with Crippen molar-refractivity contribution in [3.63, 3.8) is 0 Å². The molecule has 2 aromatic rings. The first kappa shape index (κ1) is 24.6. The second-order valence-electron chi connectivity index (χ2n) is 10.9. The first-order valence-corrected chi connectivity index (χ1v) is 14.6. The van der Waals surface area contributed by atoms with Gasteiger partial charge in [-0.1, -0.05) is 90.8 Å². The van der Waals surface area contributed by atoms with Crippen molar-refractivity contribution in [1.29, 1.82) is 0 Å². The molecule has 0 atom stereocenters. The number of halogens is 1. The predicted octanol–water partition coefficient (Wildman–Crippen LogP) is 9.40. The van der Waals surface area contributed by atoms with Crippen molar-refractivity contribution >= 4 is 22.6 Å². The summed E-state index contributed by atoms with van der Waals surface area (Å²) in [5.74, 6) is 1.96. The van der Waals surface area contributed by atoms with Gasteiger partial charge in [-0.2, -0.15) is 0 Å². The van der Waals surface area contributed by atoms with Gasteiger partial charge in [0, 0.05) is 43.2 Å². The van der Waals surface area contributed by atoms with Crippen LogP contribution in [0, 0.1) is 13.8 Å². The Morgan fingerprint density at radius 1 is 0.774 bits per heavy atom. The van der Waals surface area contributed by atoms with Crippen molar-refractivity contribution in [3.05, 3.63) is 57.6 Å². The van der Waals surface area contributed by atoms with Gasteiger partial charge in [-0.15, -0.1) is 0 Å². The molecular formula is C27H38BrO2P. The fraction of sp³-hybridized carbons (Fsp3) is 0.556. The molecule has 0 radical (unpaired) electrons. The van der Waals surface area contributed by atoms with Crippen LogP contribution in [0.4, 0.5) is 0 Å². The minimum atomic E-state index is -1.29. The average Bonchev–Trinajstić information content (AvgIpc) is 2.68. The summed E-state index contributed by atoms with van der Waals surface area (Å²) < 4.78 is 13.2. The second kappa shape index (κ2) is 8.38. The van der Waals surface area contributed by atoms with E-state index in [0.29, 0.717) is 0 Å². The summed E-state index contributed by atoms with van der Waals surface area (Å²) in [4.78, 5) is 0. The molecule has 1 aliphatic heterocycles. The van der Waals surface area contributed by atoms with Gasteiger partial charge in [0.15, 0.2) is 0 Å². The molecule has 0 fully saturated rings. The maximum absolute atomic E-state index is 6.59. The third kappa shape index (κ3) is 4.42. The van der Waals surface area contributed by atoms with Gasteiger partial charge in [-0.3, -0.25) is 0 Å². The Bertz CT molecular complexity index is 914. The van der Waals surface area contributed by atoms with E-state index in [-0.39, 0.29) is 16.2 Å². The Morgan fingerprint density at radius 3 is 1.45 bits per heavy atom. The molecule has 0 spiro atoms. The van der Waals surface area contributed by atoms with Gasteiger partial charge in [0.25, 0.3) is 0 Å². The summed E-state index contributed by atoms with van der Waals surface area (Å²) in [7, 11) is -1.29. The van der Waals surface area contributed by atoms with E-state index in [1.807, 2.05) is 0 Å². The Labute approximate surface area is 198 Å². The molecule has 0 saturated heterocycles. The largest absolute Gasteiger partial charge is 0.430 e. The minimum absolute atomic E-state index is 0.0132. The lowest BCUT2D eigenvalue weighted by atomic mass is 9.70. The zero-order chi connectivity index (χ0) is 23.4. The minimum Gasteiger partial charge on any atom is -0.430 e. The smallest absolute Gasteiger partial charge is 0.368 e. The lowest BCUT2D eigenvalue weighted by Crippen LogP contribution is -2.28. The van der Waals surface area contributed by atoms with E-state index in [1.54, 1.807) is 0 Å². The van der Waals surface area contributed by atoms with Crippen LogP contribution in [-0.2, 0) is 16.2 Å². The Morgan fingerprint density at radius 2 is 1.13 bits per heavy atom. The van der Waals surface area contributed by atoms with Crippen LogP contribution in [-0.4, -0.2) is 0 Å². The van der Waals surface area contributed by atoms with Crippen LogP contribution in [0.2, 0.25) is 0 Å². The highest BCUT2D eigenvalue weighted by molar-refractivity contribution is 9.38. The molecule has 170 valence electrons. The molecule has 0 saturated carbocycles. The molecule has 31 heavy (non-hydrogen) atoms. The van der Waals surface area contributed by atoms with E-state index >= 15 is 0 Å². The summed E-state index contributed by atoms with van der Waals surface area (Å²) in [6.07, 6.45) is 2.08. The summed E-state index contributed by atoms with van der Waals surface area (Å²) in [5, 5.41) is 0. The van der Waals surface area contributed by atoms with Gasteiger partial charge in [-0.25, -0.2) is 0 Å². The van der Waals surface area contributed by atoms with Crippen molar-refractivity contribution in [2.75, 3.05) is 0 Å². The first-order chi connectivity index (χ1) is 14.2. The van der Waals surface area contributed by atoms with Gasteiger partial charge in [0.05, 0.1) is 0 Å². The van der Waals surface area contributed by atoms with Gasteiger partial charge in [-0.05, 0) is 37.5 Å². The zero-order valence-electron chi connectivity index (χ0n) is 20.9. The average molecular weight is 505 g/mol. The van der Waals surface area contributed by atoms with E-state index in [4.69, 9.17) is 9.05 Å². The number of hydrogen-bond donors (Lipinski definition) is 0. The van der Waals surface area contributed by atoms with Crippen LogP contribution in [0.5, 0.6) is 11.5 Å². The molecule has 0 bridgehead atoms. The molecule has 0 aromatic heterocycles. The van der Waals surface area contributed by atoms with Crippen molar-refractivity contribution in [3.8, 4) is 11.5 Å². The van der Waals surface area contributed by atoms with E-state index < -0.39 is 7.08 Å². The number of fused-ring (bicyclic) bond motifs is 2. The summed E-state index contributed by atoms with van der Waals surface area (Å²) in [6.45, 7) is 22.7.